The quantitative estimate of drug-likeness (QED) is 0.889. The Morgan fingerprint density at radius 1 is 1.33 bits per heavy atom. The van der Waals surface area contributed by atoms with Crippen molar-refractivity contribution >= 4 is 22.4 Å². The number of hydrogen-bond acceptors (Lipinski definition) is 5. The first kappa shape index (κ1) is 14.3. The molecule has 3 rings (SSSR count). The molecular weight excluding hydrogens is 280 g/mol. The molecule has 1 fully saturated rings. The monoisotopic (exact) mass is 302 g/mol. The molecule has 0 bridgehead atoms. The van der Waals surface area contributed by atoms with Gasteiger partial charge in [0.2, 0.25) is 0 Å². The summed E-state index contributed by atoms with van der Waals surface area (Å²) in [6, 6.07) is 4.42. The van der Waals surface area contributed by atoms with Gasteiger partial charge in [0, 0.05) is 24.0 Å². The maximum absolute atomic E-state index is 6.06. The summed E-state index contributed by atoms with van der Waals surface area (Å²) in [5.74, 6) is 1.34. The van der Waals surface area contributed by atoms with Crippen molar-refractivity contribution in [3.63, 3.8) is 0 Å². The lowest BCUT2D eigenvalue weighted by Gasteiger charge is -2.28. The number of aromatic nitrogens is 2. The lowest BCUT2D eigenvalue weighted by atomic mass is 9.84. The fourth-order valence-corrected chi connectivity index (χ4v) is 3.98. The van der Waals surface area contributed by atoms with E-state index < -0.39 is 0 Å². The molecule has 1 atom stereocenters. The summed E-state index contributed by atoms with van der Waals surface area (Å²) in [7, 11) is 0. The molecule has 1 aliphatic rings. The number of nitrogens with one attached hydrogen (secondary N) is 1. The minimum absolute atomic E-state index is 0.459. The molecule has 5 heteroatoms. The molecule has 3 N–H and O–H groups in total. The van der Waals surface area contributed by atoms with Gasteiger partial charge in [-0.1, -0.05) is 25.3 Å². The number of anilines is 2. The number of pyridine rings is 1. The van der Waals surface area contributed by atoms with Crippen molar-refractivity contribution in [3.8, 4) is 11.1 Å². The molecule has 2 aromatic rings. The van der Waals surface area contributed by atoms with Gasteiger partial charge < -0.3 is 11.1 Å². The molecule has 1 aliphatic carbocycles. The molecule has 21 heavy (non-hydrogen) atoms. The highest BCUT2D eigenvalue weighted by Gasteiger charge is 2.22. The second kappa shape index (κ2) is 6.43. The zero-order valence-electron chi connectivity index (χ0n) is 12.4. The van der Waals surface area contributed by atoms with Gasteiger partial charge in [-0.25, -0.2) is 0 Å². The van der Waals surface area contributed by atoms with Gasteiger partial charge in [-0.15, -0.1) is 0 Å². The van der Waals surface area contributed by atoms with Crippen LogP contribution in [-0.4, -0.2) is 15.4 Å². The Bertz CT molecular complexity index is 575. The van der Waals surface area contributed by atoms with Crippen LogP contribution in [0.2, 0.25) is 0 Å². The molecule has 4 nitrogen and oxygen atoms in total. The molecule has 2 aromatic heterocycles. The van der Waals surface area contributed by atoms with Crippen LogP contribution in [0.4, 0.5) is 10.8 Å². The molecule has 112 valence electrons. The number of nitrogens with zero attached hydrogens (tertiary/aromatic N) is 2. The Labute approximate surface area is 130 Å². The summed E-state index contributed by atoms with van der Waals surface area (Å²) in [5.41, 5.74) is 8.08. The van der Waals surface area contributed by atoms with Gasteiger partial charge in [0.25, 0.3) is 0 Å². The average molecular weight is 302 g/mol. The second-order valence-corrected chi connectivity index (χ2v) is 6.62. The van der Waals surface area contributed by atoms with Gasteiger partial charge in [0.1, 0.15) is 10.8 Å². The van der Waals surface area contributed by atoms with E-state index >= 15 is 0 Å². The van der Waals surface area contributed by atoms with Gasteiger partial charge in [-0.3, -0.25) is 4.98 Å². The minimum atomic E-state index is 0.459. The van der Waals surface area contributed by atoms with Crippen LogP contribution in [-0.2, 0) is 0 Å². The van der Waals surface area contributed by atoms with Crippen molar-refractivity contribution in [3.05, 3.63) is 24.5 Å². The zero-order valence-corrected chi connectivity index (χ0v) is 13.2. The standard InChI is InChI=1S/C16H22N4S/c1-11(12-6-3-2-4-7-12)19-16-14(15(17)20-21-16)13-8-5-9-18-10-13/h5,8-12,19H,2-4,6-7H2,1H3,(H2,17,20). The summed E-state index contributed by atoms with van der Waals surface area (Å²) in [5, 5.41) is 4.72. The summed E-state index contributed by atoms with van der Waals surface area (Å²) in [6.45, 7) is 2.28. The predicted octanol–water partition coefficient (Wildman–Crippen LogP) is 4.17. The summed E-state index contributed by atoms with van der Waals surface area (Å²) < 4.78 is 4.32. The molecule has 1 saturated carbocycles. The molecule has 1 unspecified atom stereocenters. The maximum atomic E-state index is 6.06. The SMILES string of the molecule is CC(Nc1snc(N)c1-c1cccnc1)C1CCCCC1. The van der Waals surface area contributed by atoms with Crippen molar-refractivity contribution in [2.24, 2.45) is 5.92 Å². The third-order valence-corrected chi connectivity index (χ3v) is 5.18. The highest BCUT2D eigenvalue weighted by molar-refractivity contribution is 7.11. The van der Waals surface area contributed by atoms with E-state index in [4.69, 9.17) is 5.73 Å². The fraction of sp³-hybridized carbons (Fsp3) is 0.500. The van der Waals surface area contributed by atoms with Gasteiger partial charge in [0.05, 0.1) is 5.56 Å². The van der Waals surface area contributed by atoms with E-state index in [1.807, 2.05) is 18.3 Å². The molecule has 2 heterocycles. The van der Waals surface area contributed by atoms with E-state index in [-0.39, 0.29) is 0 Å². The van der Waals surface area contributed by atoms with Crippen LogP contribution in [0.3, 0.4) is 0 Å². The Kier molecular flexibility index (Phi) is 4.39. The van der Waals surface area contributed by atoms with E-state index in [2.05, 4.69) is 21.6 Å². The van der Waals surface area contributed by atoms with Gasteiger partial charge in [-0.2, -0.15) is 4.37 Å². The molecule has 0 amide bonds. The largest absolute Gasteiger partial charge is 0.382 e. The number of nitrogen functional groups attached to an aromatic ring is 1. The number of nitrogens with two attached hydrogens (primary N) is 1. The van der Waals surface area contributed by atoms with Gasteiger partial charge >= 0.3 is 0 Å². The van der Waals surface area contributed by atoms with E-state index in [0.717, 1.165) is 22.0 Å². The molecule has 0 saturated heterocycles. The van der Waals surface area contributed by atoms with E-state index in [9.17, 15) is 0 Å². The average Bonchev–Trinajstić information content (AvgIpc) is 2.89. The van der Waals surface area contributed by atoms with Crippen LogP contribution in [0.25, 0.3) is 11.1 Å². The van der Waals surface area contributed by atoms with Crippen LogP contribution >= 0.6 is 11.5 Å². The van der Waals surface area contributed by atoms with E-state index in [0.29, 0.717) is 11.9 Å². The van der Waals surface area contributed by atoms with Crippen molar-refractivity contribution in [2.75, 3.05) is 11.1 Å². The Balaban J connectivity index is 1.80. The normalized spacial score (nSPS) is 17.6. The minimum Gasteiger partial charge on any atom is -0.382 e. The Hall–Kier alpha value is -1.62. The van der Waals surface area contributed by atoms with Crippen LogP contribution in [0.5, 0.6) is 0 Å². The lowest BCUT2D eigenvalue weighted by Crippen LogP contribution is -2.27. The van der Waals surface area contributed by atoms with E-state index in [1.165, 1.54) is 43.6 Å². The number of hydrogen-bond donors (Lipinski definition) is 2. The predicted molar refractivity (Wildman–Crippen MR) is 89.4 cm³/mol. The van der Waals surface area contributed by atoms with Crippen LogP contribution in [0.15, 0.2) is 24.5 Å². The molecule has 0 aliphatic heterocycles. The van der Waals surface area contributed by atoms with Crippen LogP contribution < -0.4 is 11.1 Å². The van der Waals surface area contributed by atoms with Crippen LogP contribution in [0.1, 0.15) is 39.0 Å². The highest BCUT2D eigenvalue weighted by atomic mass is 32.1. The summed E-state index contributed by atoms with van der Waals surface area (Å²) in [4.78, 5) is 4.19. The fourth-order valence-electron chi connectivity index (χ4n) is 3.15. The van der Waals surface area contributed by atoms with Crippen molar-refractivity contribution in [1.29, 1.82) is 0 Å². The smallest absolute Gasteiger partial charge is 0.147 e. The first-order chi connectivity index (χ1) is 10.3. The molecule has 0 aromatic carbocycles. The molecule has 0 spiro atoms. The topological polar surface area (TPSA) is 63.8 Å². The Morgan fingerprint density at radius 2 is 2.14 bits per heavy atom. The van der Waals surface area contributed by atoms with Crippen molar-refractivity contribution in [1.82, 2.24) is 9.36 Å². The van der Waals surface area contributed by atoms with Crippen molar-refractivity contribution in [2.45, 2.75) is 45.1 Å². The summed E-state index contributed by atoms with van der Waals surface area (Å²) in [6.07, 6.45) is 10.4. The van der Waals surface area contributed by atoms with Crippen LogP contribution in [0, 0.1) is 5.92 Å². The second-order valence-electron chi connectivity index (χ2n) is 5.84. The first-order valence-electron chi connectivity index (χ1n) is 7.68. The van der Waals surface area contributed by atoms with E-state index in [1.54, 1.807) is 6.20 Å². The highest BCUT2D eigenvalue weighted by Crippen LogP contribution is 2.38. The summed E-state index contributed by atoms with van der Waals surface area (Å²) >= 11 is 1.45. The Morgan fingerprint density at radius 3 is 2.86 bits per heavy atom. The maximum Gasteiger partial charge on any atom is 0.147 e. The van der Waals surface area contributed by atoms with Gasteiger partial charge in [0.15, 0.2) is 0 Å². The lowest BCUT2D eigenvalue weighted by molar-refractivity contribution is 0.328. The first-order valence-corrected chi connectivity index (χ1v) is 8.45. The molecular formula is C16H22N4S. The third kappa shape index (κ3) is 3.18. The van der Waals surface area contributed by atoms with Gasteiger partial charge in [-0.05, 0) is 43.3 Å². The number of rotatable bonds is 4. The molecule has 0 radical (unpaired) electrons. The third-order valence-electron chi connectivity index (χ3n) is 4.38. The van der Waals surface area contributed by atoms with Crippen molar-refractivity contribution < 1.29 is 0 Å². The zero-order chi connectivity index (χ0) is 14.7.